The third kappa shape index (κ3) is 3.72. The van der Waals surface area contributed by atoms with E-state index in [1.165, 1.54) is 4.90 Å². The molecule has 0 radical (unpaired) electrons. The summed E-state index contributed by atoms with van der Waals surface area (Å²) in [6.07, 6.45) is 3.64. The Morgan fingerprint density at radius 3 is 2.95 bits per heavy atom. The summed E-state index contributed by atoms with van der Waals surface area (Å²) in [5.41, 5.74) is 1.06. The highest BCUT2D eigenvalue weighted by atomic mass is 16.5. The van der Waals surface area contributed by atoms with E-state index in [4.69, 9.17) is 9.84 Å². The molecule has 2 rings (SSSR count). The van der Waals surface area contributed by atoms with Crippen LogP contribution >= 0.6 is 0 Å². The molecule has 0 saturated carbocycles. The molecule has 0 aromatic carbocycles. The number of hydrogen-bond donors (Lipinski definition) is 2. The molecule has 21 heavy (non-hydrogen) atoms. The summed E-state index contributed by atoms with van der Waals surface area (Å²) in [5.74, 6) is -1.61. The fourth-order valence-electron chi connectivity index (χ4n) is 2.30. The molecule has 1 saturated heterocycles. The SMILES string of the molecule is Cc1cnn(CCNC(=O)N(C)C2COCC2C(=O)O)c1. The molecule has 1 aromatic rings. The van der Waals surface area contributed by atoms with E-state index in [9.17, 15) is 9.59 Å². The number of carbonyl (C=O) groups excluding carboxylic acids is 1. The fraction of sp³-hybridized carbons (Fsp3) is 0.615. The van der Waals surface area contributed by atoms with Crippen LogP contribution in [-0.4, -0.2) is 64.6 Å². The minimum absolute atomic E-state index is 0.143. The number of rotatable bonds is 5. The Kier molecular flexibility index (Phi) is 4.79. The number of nitrogens with one attached hydrogen (secondary N) is 1. The largest absolute Gasteiger partial charge is 0.481 e. The van der Waals surface area contributed by atoms with Gasteiger partial charge in [-0.15, -0.1) is 0 Å². The summed E-state index contributed by atoms with van der Waals surface area (Å²) in [7, 11) is 1.59. The molecule has 2 amide bonds. The number of amides is 2. The lowest BCUT2D eigenvalue weighted by molar-refractivity contribution is -0.142. The third-order valence-corrected chi connectivity index (χ3v) is 3.56. The van der Waals surface area contributed by atoms with Gasteiger partial charge in [0.05, 0.1) is 32.0 Å². The van der Waals surface area contributed by atoms with Gasteiger partial charge in [-0.2, -0.15) is 5.10 Å². The van der Waals surface area contributed by atoms with E-state index in [-0.39, 0.29) is 19.2 Å². The molecule has 2 heterocycles. The number of aryl methyl sites for hydroxylation is 1. The van der Waals surface area contributed by atoms with E-state index in [1.807, 2.05) is 13.1 Å². The minimum Gasteiger partial charge on any atom is -0.481 e. The third-order valence-electron chi connectivity index (χ3n) is 3.56. The number of nitrogens with zero attached hydrogens (tertiary/aromatic N) is 3. The van der Waals surface area contributed by atoms with Gasteiger partial charge in [0.1, 0.15) is 5.92 Å². The molecule has 2 unspecified atom stereocenters. The van der Waals surface area contributed by atoms with Crippen LogP contribution in [0.2, 0.25) is 0 Å². The summed E-state index contributed by atoms with van der Waals surface area (Å²) < 4.78 is 6.91. The van der Waals surface area contributed by atoms with Gasteiger partial charge in [0.25, 0.3) is 0 Å². The molecular weight excluding hydrogens is 276 g/mol. The van der Waals surface area contributed by atoms with Crippen LogP contribution in [0, 0.1) is 12.8 Å². The first-order valence-corrected chi connectivity index (χ1v) is 6.79. The van der Waals surface area contributed by atoms with Crippen molar-refractivity contribution in [2.24, 2.45) is 5.92 Å². The molecule has 2 atom stereocenters. The summed E-state index contributed by atoms with van der Waals surface area (Å²) in [4.78, 5) is 24.5. The smallest absolute Gasteiger partial charge is 0.317 e. The van der Waals surface area contributed by atoms with Crippen molar-refractivity contribution in [1.82, 2.24) is 20.0 Å². The van der Waals surface area contributed by atoms with Gasteiger partial charge in [-0.1, -0.05) is 0 Å². The number of carboxylic acids is 1. The highest BCUT2D eigenvalue weighted by Gasteiger charge is 2.38. The molecule has 116 valence electrons. The number of urea groups is 1. The Morgan fingerprint density at radius 2 is 2.33 bits per heavy atom. The number of likely N-dealkylation sites (N-methyl/N-ethyl adjacent to an activating group) is 1. The van der Waals surface area contributed by atoms with E-state index < -0.39 is 17.9 Å². The van der Waals surface area contributed by atoms with Gasteiger partial charge >= 0.3 is 12.0 Å². The van der Waals surface area contributed by atoms with E-state index >= 15 is 0 Å². The van der Waals surface area contributed by atoms with Crippen LogP contribution in [0.3, 0.4) is 0 Å². The number of ether oxygens (including phenoxy) is 1. The van der Waals surface area contributed by atoms with Crippen molar-refractivity contribution in [3.63, 3.8) is 0 Å². The molecule has 1 aliphatic rings. The minimum atomic E-state index is -0.941. The monoisotopic (exact) mass is 296 g/mol. The molecule has 1 fully saturated rings. The maximum atomic E-state index is 12.0. The van der Waals surface area contributed by atoms with E-state index in [0.29, 0.717) is 13.1 Å². The average molecular weight is 296 g/mol. The van der Waals surface area contributed by atoms with Crippen molar-refractivity contribution >= 4 is 12.0 Å². The van der Waals surface area contributed by atoms with Crippen molar-refractivity contribution in [3.8, 4) is 0 Å². The van der Waals surface area contributed by atoms with Gasteiger partial charge < -0.3 is 20.1 Å². The Hall–Kier alpha value is -2.09. The second-order valence-electron chi connectivity index (χ2n) is 5.17. The van der Waals surface area contributed by atoms with Crippen molar-refractivity contribution in [3.05, 3.63) is 18.0 Å². The number of carboxylic acid groups (broad SMARTS) is 1. The van der Waals surface area contributed by atoms with Crippen LogP contribution in [0.1, 0.15) is 5.56 Å². The Bertz CT molecular complexity index is 516. The second kappa shape index (κ2) is 6.57. The predicted molar refractivity (Wildman–Crippen MR) is 73.9 cm³/mol. The second-order valence-corrected chi connectivity index (χ2v) is 5.17. The normalized spacial score (nSPS) is 21.2. The van der Waals surface area contributed by atoms with Crippen LogP contribution in [0.15, 0.2) is 12.4 Å². The van der Waals surface area contributed by atoms with Gasteiger partial charge in [-0.25, -0.2) is 4.79 Å². The summed E-state index contributed by atoms with van der Waals surface area (Å²) in [6, 6.07) is -0.741. The van der Waals surface area contributed by atoms with Gasteiger partial charge in [0.15, 0.2) is 0 Å². The number of aromatic nitrogens is 2. The molecule has 8 heteroatoms. The maximum Gasteiger partial charge on any atom is 0.317 e. The highest BCUT2D eigenvalue weighted by Crippen LogP contribution is 2.18. The lowest BCUT2D eigenvalue weighted by Crippen LogP contribution is -2.48. The molecule has 0 aliphatic carbocycles. The predicted octanol–water partition coefficient (Wildman–Crippen LogP) is -0.0675. The van der Waals surface area contributed by atoms with Crippen molar-refractivity contribution in [2.45, 2.75) is 19.5 Å². The number of hydrogen-bond acceptors (Lipinski definition) is 4. The molecule has 0 bridgehead atoms. The van der Waals surface area contributed by atoms with E-state index in [1.54, 1.807) is 17.9 Å². The number of aliphatic carboxylic acids is 1. The van der Waals surface area contributed by atoms with Gasteiger partial charge in [-0.3, -0.25) is 9.48 Å². The van der Waals surface area contributed by atoms with Crippen molar-refractivity contribution in [1.29, 1.82) is 0 Å². The standard InChI is InChI=1S/C13H20N4O4/c1-9-5-15-17(6-9)4-3-14-13(20)16(2)11-8-21-7-10(11)12(18)19/h5-6,10-11H,3-4,7-8H2,1-2H3,(H,14,20)(H,18,19). The van der Waals surface area contributed by atoms with Crippen LogP contribution in [-0.2, 0) is 16.1 Å². The quantitative estimate of drug-likeness (QED) is 0.793. The summed E-state index contributed by atoms with van der Waals surface area (Å²) in [6.45, 7) is 3.33. The van der Waals surface area contributed by atoms with Crippen molar-refractivity contribution < 1.29 is 19.4 Å². The maximum absolute atomic E-state index is 12.0. The first-order valence-electron chi connectivity index (χ1n) is 6.79. The fourth-order valence-corrected chi connectivity index (χ4v) is 2.30. The van der Waals surface area contributed by atoms with Crippen LogP contribution in [0.5, 0.6) is 0 Å². The Labute approximate surface area is 122 Å². The Morgan fingerprint density at radius 1 is 1.57 bits per heavy atom. The van der Waals surface area contributed by atoms with Crippen molar-refractivity contribution in [2.75, 3.05) is 26.8 Å². The molecule has 0 spiro atoms. The lowest BCUT2D eigenvalue weighted by atomic mass is 10.0. The zero-order valence-electron chi connectivity index (χ0n) is 12.2. The van der Waals surface area contributed by atoms with E-state index in [0.717, 1.165) is 5.56 Å². The van der Waals surface area contributed by atoms with Gasteiger partial charge in [0.2, 0.25) is 0 Å². The molecule has 1 aromatic heterocycles. The first kappa shape index (κ1) is 15.3. The molecular formula is C13H20N4O4. The van der Waals surface area contributed by atoms with Gasteiger partial charge in [0, 0.05) is 19.8 Å². The van der Waals surface area contributed by atoms with E-state index in [2.05, 4.69) is 10.4 Å². The summed E-state index contributed by atoms with van der Waals surface area (Å²) >= 11 is 0. The zero-order valence-corrected chi connectivity index (χ0v) is 12.2. The highest BCUT2D eigenvalue weighted by molar-refractivity contribution is 5.77. The lowest BCUT2D eigenvalue weighted by Gasteiger charge is -2.26. The van der Waals surface area contributed by atoms with Crippen LogP contribution < -0.4 is 5.32 Å². The molecule has 2 N–H and O–H groups in total. The summed E-state index contributed by atoms with van der Waals surface area (Å²) in [5, 5.41) is 16.0. The number of carbonyl (C=O) groups is 2. The van der Waals surface area contributed by atoms with Crippen LogP contribution in [0.4, 0.5) is 4.79 Å². The molecule has 8 nitrogen and oxygen atoms in total. The zero-order chi connectivity index (χ0) is 15.4. The topological polar surface area (TPSA) is 96.7 Å². The Balaban J connectivity index is 1.81. The average Bonchev–Trinajstić information content (AvgIpc) is 3.06. The first-order chi connectivity index (χ1) is 9.99. The van der Waals surface area contributed by atoms with Gasteiger partial charge in [-0.05, 0) is 12.5 Å². The van der Waals surface area contributed by atoms with Crippen LogP contribution in [0.25, 0.3) is 0 Å². The molecule has 1 aliphatic heterocycles.